The predicted molar refractivity (Wildman–Crippen MR) is 133 cm³/mol. The Labute approximate surface area is 199 Å². The third-order valence-corrected chi connectivity index (χ3v) is 6.33. The lowest BCUT2D eigenvalue weighted by molar-refractivity contribution is 0.306. The molecule has 0 spiro atoms. The van der Waals surface area contributed by atoms with E-state index in [1.54, 1.807) is 6.08 Å². The Balaban J connectivity index is 1.39. The lowest BCUT2D eigenvalue weighted by atomic mass is 10.1. The second-order valence-electron chi connectivity index (χ2n) is 7.98. The molecule has 34 heavy (non-hydrogen) atoms. The summed E-state index contributed by atoms with van der Waals surface area (Å²) in [6.45, 7) is 2.49. The average Bonchev–Trinajstić information content (AvgIpc) is 3.15. The Bertz CT molecular complexity index is 1610. The summed E-state index contributed by atoms with van der Waals surface area (Å²) < 4.78 is 7.50. The van der Waals surface area contributed by atoms with Crippen LogP contribution in [0.25, 0.3) is 11.0 Å². The molecule has 0 bridgehead atoms. The molecule has 0 saturated heterocycles. The summed E-state index contributed by atoms with van der Waals surface area (Å²) >= 11 is 1.15. The SMILES string of the molecule is Cc1ccc(Cc2nn3c(=O)c(=Cc4ccc(OCc5ccccc5)cc4)sc3nc2=O)cc1. The maximum Gasteiger partial charge on any atom is 0.296 e. The summed E-state index contributed by atoms with van der Waals surface area (Å²) in [6.07, 6.45) is 2.10. The van der Waals surface area contributed by atoms with Crippen molar-refractivity contribution in [3.8, 4) is 5.75 Å². The topological polar surface area (TPSA) is 73.6 Å². The quantitative estimate of drug-likeness (QED) is 0.382. The summed E-state index contributed by atoms with van der Waals surface area (Å²) in [7, 11) is 0. The minimum atomic E-state index is -0.409. The minimum absolute atomic E-state index is 0.253. The normalized spacial score (nSPS) is 11.7. The molecule has 6 nitrogen and oxygen atoms in total. The van der Waals surface area contributed by atoms with Gasteiger partial charge in [-0.1, -0.05) is 83.6 Å². The Morgan fingerprint density at radius 3 is 2.38 bits per heavy atom. The molecule has 7 heteroatoms. The predicted octanol–water partition coefficient (Wildman–Crippen LogP) is 3.54. The molecule has 2 heterocycles. The zero-order valence-corrected chi connectivity index (χ0v) is 19.3. The molecule has 2 aromatic heterocycles. The van der Waals surface area contributed by atoms with E-state index in [-0.39, 0.29) is 16.2 Å². The number of nitrogens with zero attached hydrogens (tertiary/aromatic N) is 3. The molecular formula is C27H21N3O3S. The van der Waals surface area contributed by atoms with Gasteiger partial charge in [0.05, 0.1) is 4.53 Å². The van der Waals surface area contributed by atoms with E-state index < -0.39 is 5.56 Å². The summed E-state index contributed by atoms with van der Waals surface area (Å²) in [5, 5.41) is 4.32. The summed E-state index contributed by atoms with van der Waals surface area (Å²) in [4.78, 5) is 29.8. The van der Waals surface area contributed by atoms with Crippen LogP contribution in [0.3, 0.4) is 0 Å². The van der Waals surface area contributed by atoms with Gasteiger partial charge in [0, 0.05) is 6.42 Å². The zero-order valence-electron chi connectivity index (χ0n) is 18.5. The van der Waals surface area contributed by atoms with Crippen LogP contribution >= 0.6 is 11.3 Å². The number of fused-ring (bicyclic) bond motifs is 1. The molecule has 0 aliphatic heterocycles. The second kappa shape index (κ2) is 9.41. The van der Waals surface area contributed by atoms with Crippen LogP contribution in [0.1, 0.15) is 27.9 Å². The number of hydrogen-bond acceptors (Lipinski definition) is 6. The maximum absolute atomic E-state index is 12.9. The van der Waals surface area contributed by atoms with Crippen molar-refractivity contribution < 1.29 is 4.74 Å². The van der Waals surface area contributed by atoms with E-state index in [1.807, 2.05) is 85.8 Å². The molecule has 0 aliphatic rings. The number of rotatable bonds is 6. The van der Waals surface area contributed by atoms with Gasteiger partial charge in [-0.25, -0.2) is 0 Å². The second-order valence-corrected chi connectivity index (χ2v) is 8.99. The fourth-order valence-electron chi connectivity index (χ4n) is 3.50. The molecule has 5 rings (SSSR count). The van der Waals surface area contributed by atoms with Crippen LogP contribution < -0.4 is 20.4 Å². The van der Waals surface area contributed by atoms with E-state index in [0.717, 1.165) is 39.3 Å². The van der Waals surface area contributed by atoms with Gasteiger partial charge in [-0.05, 0) is 41.8 Å². The van der Waals surface area contributed by atoms with Crippen molar-refractivity contribution in [3.05, 3.63) is 132 Å². The highest BCUT2D eigenvalue weighted by molar-refractivity contribution is 7.15. The number of ether oxygens (including phenoxy) is 1. The summed E-state index contributed by atoms with van der Waals surface area (Å²) in [6, 6.07) is 25.3. The fraction of sp³-hybridized carbons (Fsp3) is 0.111. The number of hydrogen-bond donors (Lipinski definition) is 0. The van der Waals surface area contributed by atoms with E-state index in [2.05, 4.69) is 10.1 Å². The number of thiazole rings is 1. The van der Waals surface area contributed by atoms with E-state index in [9.17, 15) is 9.59 Å². The van der Waals surface area contributed by atoms with Gasteiger partial charge in [-0.2, -0.15) is 14.6 Å². The van der Waals surface area contributed by atoms with Crippen LogP contribution in [-0.2, 0) is 13.0 Å². The van der Waals surface area contributed by atoms with Crippen molar-refractivity contribution in [3.63, 3.8) is 0 Å². The lowest BCUT2D eigenvalue weighted by Gasteiger charge is -2.06. The van der Waals surface area contributed by atoms with Gasteiger partial charge < -0.3 is 4.74 Å². The Hall–Kier alpha value is -4.10. The Morgan fingerprint density at radius 1 is 0.912 bits per heavy atom. The molecule has 0 unspecified atom stereocenters. The highest BCUT2D eigenvalue weighted by Crippen LogP contribution is 2.15. The molecule has 0 atom stereocenters. The van der Waals surface area contributed by atoms with E-state index in [0.29, 0.717) is 17.6 Å². The first-order chi connectivity index (χ1) is 16.5. The molecule has 168 valence electrons. The van der Waals surface area contributed by atoms with Crippen molar-refractivity contribution in [1.29, 1.82) is 0 Å². The molecule has 5 aromatic rings. The first kappa shape index (κ1) is 21.7. The number of aromatic nitrogens is 3. The van der Waals surface area contributed by atoms with Crippen molar-refractivity contribution in [2.75, 3.05) is 0 Å². The van der Waals surface area contributed by atoms with Crippen LogP contribution in [0.15, 0.2) is 88.5 Å². The van der Waals surface area contributed by atoms with E-state index in [1.165, 1.54) is 4.52 Å². The van der Waals surface area contributed by atoms with Crippen LogP contribution in [0.4, 0.5) is 0 Å². The van der Waals surface area contributed by atoms with Crippen LogP contribution in [0, 0.1) is 6.92 Å². The van der Waals surface area contributed by atoms with Crippen LogP contribution in [0.2, 0.25) is 0 Å². The first-order valence-electron chi connectivity index (χ1n) is 10.8. The largest absolute Gasteiger partial charge is 0.489 e. The monoisotopic (exact) mass is 467 g/mol. The van der Waals surface area contributed by atoms with Gasteiger partial charge in [0.25, 0.3) is 11.1 Å². The maximum atomic E-state index is 12.9. The smallest absolute Gasteiger partial charge is 0.296 e. The summed E-state index contributed by atoms with van der Waals surface area (Å²) in [5.74, 6) is 0.745. The molecule has 0 saturated carbocycles. The fourth-order valence-corrected chi connectivity index (χ4v) is 4.41. The Morgan fingerprint density at radius 2 is 1.65 bits per heavy atom. The zero-order chi connectivity index (χ0) is 23.5. The van der Waals surface area contributed by atoms with Gasteiger partial charge in [-0.15, -0.1) is 0 Å². The highest BCUT2D eigenvalue weighted by atomic mass is 32.1. The van der Waals surface area contributed by atoms with Crippen LogP contribution in [-0.4, -0.2) is 14.6 Å². The third-order valence-electron chi connectivity index (χ3n) is 5.37. The van der Waals surface area contributed by atoms with Gasteiger partial charge in [0.1, 0.15) is 18.1 Å². The standard InChI is InChI=1S/C27H21N3O3S/c1-18-7-9-19(10-8-18)15-23-25(31)28-27-30(29-23)26(32)24(34-27)16-20-11-13-22(14-12-20)33-17-21-5-3-2-4-6-21/h2-14,16H,15,17H2,1H3. The van der Waals surface area contributed by atoms with Gasteiger partial charge in [0.2, 0.25) is 4.96 Å². The third kappa shape index (κ3) is 4.79. The van der Waals surface area contributed by atoms with E-state index in [4.69, 9.17) is 4.74 Å². The van der Waals surface area contributed by atoms with E-state index >= 15 is 0 Å². The Kier molecular flexibility index (Phi) is 6.01. The highest BCUT2D eigenvalue weighted by Gasteiger charge is 2.12. The molecule has 0 fully saturated rings. The molecule has 0 amide bonds. The van der Waals surface area contributed by atoms with Gasteiger partial charge in [-0.3, -0.25) is 9.59 Å². The number of benzene rings is 3. The van der Waals surface area contributed by atoms with Gasteiger partial charge >= 0.3 is 0 Å². The average molecular weight is 468 g/mol. The van der Waals surface area contributed by atoms with Crippen LogP contribution in [0.5, 0.6) is 5.75 Å². The molecule has 0 aliphatic carbocycles. The first-order valence-corrected chi connectivity index (χ1v) is 11.6. The lowest BCUT2D eigenvalue weighted by Crippen LogP contribution is -2.28. The van der Waals surface area contributed by atoms with Crippen molar-refractivity contribution >= 4 is 22.4 Å². The molecule has 3 aromatic carbocycles. The molecule has 0 radical (unpaired) electrons. The number of aryl methyl sites for hydroxylation is 1. The molecule has 0 N–H and O–H groups in total. The van der Waals surface area contributed by atoms with Gasteiger partial charge in [0.15, 0.2) is 0 Å². The molecular weight excluding hydrogens is 446 g/mol. The minimum Gasteiger partial charge on any atom is -0.489 e. The van der Waals surface area contributed by atoms with Crippen molar-refractivity contribution in [1.82, 2.24) is 14.6 Å². The summed E-state index contributed by atoms with van der Waals surface area (Å²) in [5.41, 5.74) is 3.58. The van der Waals surface area contributed by atoms with Crippen molar-refractivity contribution in [2.45, 2.75) is 20.0 Å². The van der Waals surface area contributed by atoms with Crippen molar-refractivity contribution in [2.24, 2.45) is 0 Å².